The average molecular weight is 287 g/mol. The Hall–Kier alpha value is -2.44. The summed E-state index contributed by atoms with van der Waals surface area (Å²) in [5.74, 6) is -0.223. The van der Waals surface area contributed by atoms with Crippen molar-refractivity contribution in [2.24, 2.45) is 0 Å². The third-order valence-corrected chi connectivity index (χ3v) is 2.82. The predicted molar refractivity (Wildman–Crippen MR) is 80.2 cm³/mol. The lowest BCUT2D eigenvalue weighted by Gasteiger charge is -2.11. The van der Waals surface area contributed by atoms with Crippen LogP contribution in [0.4, 0.5) is 11.4 Å². The lowest BCUT2D eigenvalue weighted by Crippen LogP contribution is -2.22. The van der Waals surface area contributed by atoms with Gasteiger partial charge in [0, 0.05) is 30.3 Å². The lowest BCUT2D eigenvalue weighted by molar-refractivity contribution is 0.102. The van der Waals surface area contributed by atoms with E-state index >= 15 is 0 Å². The average Bonchev–Trinajstić information content (AvgIpc) is 2.54. The molecule has 0 bridgehead atoms. The monoisotopic (exact) mass is 287 g/mol. The van der Waals surface area contributed by atoms with Crippen LogP contribution in [0.15, 0.2) is 48.8 Å². The number of aromatic nitrogens is 1. The standard InChI is InChI=1S/C15H17N3O3/c19-10-14(20)9-17-12-3-5-13(6-4-12)18-15(21)11-2-1-7-16-8-11/h1-8,14,17,19-20H,9-10H2,(H,18,21). The van der Waals surface area contributed by atoms with Crippen molar-refractivity contribution in [1.29, 1.82) is 0 Å². The Bertz CT molecular complexity index is 572. The molecule has 0 saturated heterocycles. The van der Waals surface area contributed by atoms with Gasteiger partial charge in [0.25, 0.3) is 5.91 Å². The molecule has 1 amide bonds. The third kappa shape index (κ3) is 4.55. The van der Waals surface area contributed by atoms with Crippen molar-refractivity contribution in [2.75, 3.05) is 23.8 Å². The SMILES string of the molecule is O=C(Nc1ccc(NCC(O)CO)cc1)c1cccnc1. The van der Waals surface area contributed by atoms with E-state index in [-0.39, 0.29) is 19.1 Å². The molecule has 1 heterocycles. The maximum atomic E-state index is 11.9. The van der Waals surface area contributed by atoms with Gasteiger partial charge in [-0.05, 0) is 36.4 Å². The zero-order chi connectivity index (χ0) is 15.1. The van der Waals surface area contributed by atoms with Gasteiger partial charge >= 0.3 is 0 Å². The Labute approximate surface area is 122 Å². The molecule has 1 aromatic carbocycles. The molecule has 110 valence electrons. The van der Waals surface area contributed by atoms with Gasteiger partial charge in [0.2, 0.25) is 0 Å². The van der Waals surface area contributed by atoms with E-state index in [1.807, 2.05) is 0 Å². The van der Waals surface area contributed by atoms with E-state index < -0.39 is 6.10 Å². The summed E-state index contributed by atoms with van der Waals surface area (Å²) in [4.78, 5) is 15.8. The molecule has 6 heteroatoms. The molecule has 0 aliphatic rings. The minimum atomic E-state index is -0.796. The van der Waals surface area contributed by atoms with E-state index in [4.69, 9.17) is 5.11 Å². The van der Waals surface area contributed by atoms with Gasteiger partial charge in [0.1, 0.15) is 0 Å². The van der Waals surface area contributed by atoms with Crippen LogP contribution in [-0.4, -0.2) is 40.4 Å². The maximum Gasteiger partial charge on any atom is 0.257 e. The number of carbonyl (C=O) groups excluding carboxylic acids is 1. The quantitative estimate of drug-likeness (QED) is 0.638. The number of amides is 1. The number of anilines is 2. The Kier molecular flexibility index (Phi) is 5.25. The molecule has 1 unspecified atom stereocenters. The van der Waals surface area contributed by atoms with Crippen LogP contribution < -0.4 is 10.6 Å². The first-order valence-corrected chi connectivity index (χ1v) is 6.53. The highest BCUT2D eigenvalue weighted by Gasteiger charge is 2.06. The molecule has 0 saturated carbocycles. The van der Waals surface area contributed by atoms with Gasteiger partial charge in [0.05, 0.1) is 18.3 Å². The summed E-state index contributed by atoms with van der Waals surface area (Å²) in [6.45, 7) is -0.0237. The fraction of sp³-hybridized carbons (Fsp3) is 0.200. The van der Waals surface area contributed by atoms with Gasteiger partial charge in [-0.2, -0.15) is 0 Å². The summed E-state index contributed by atoms with van der Waals surface area (Å²) in [6.07, 6.45) is 2.31. The molecular weight excluding hydrogens is 270 g/mol. The number of rotatable bonds is 6. The number of nitrogens with zero attached hydrogens (tertiary/aromatic N) is 1. The van der Waals surface area contributed by atoms with Crippen molar-refractivity contribution in [3.63, 3.8) is 0 Å². The number of nitrogens with one attached hydrogen (secondary N) is 2. The molecule has 4 N–H and O–H groups in total. The van der Waals surface area contributed by atoms with E-state index in [1.54, 1.807) is 42.6 Å². The fourth-order valence-corrected chi connectivity index (χ4v) is 1.67. The number of pyridine rings is 1. The van der Waals surface area contributed by atoms with E-state index in [0.717, 1.165) is 5.69 Å². The molecule has 2 rings (SSSR count). The molecule has 1 atom stereocenters. The third-order valence-electron chi connectivity index (χ3n) is 2.82. The molecule has 2 aromatic rings. The summed E-state index contributed by atoms with van der Waals surface area (Å²) in [5, 5.41) is 23.7. The first-order valence-electron chi connectivity index (χ1n) is 6.53. The number of benzene rings is 1. The summed E-state index contributed by atoms with van der Waals surface area (Å²) in [6, 6.07) is 10.5. The minimum absolute atomic E-state index is 0.223. The van der Waals surface area contributed by atoms with E-state index in [0.29, 0.717) is 11.3 Å². The normalized spacial score (nSPS) is 11.7. The van der Waals surface area contributed by atoms with E-state index in [9.17, 15) is 9.90 Å². The zero-order valence-corrected chi connectivity index (χ0v) is 11.4. The maximum absolute atomic E-state index is 11.9. The molecule has 0 aliphatic carbocycles. The predicted octanol–water partition coefficient (Wildman–Crippen LogP) is 1.10. The second-order valence-corrected chi connectivity index (χ2v) is 4.49. The molecule has 0 radical (unpaired) electrons. The molecule has 1 aromatic heterocycles. The van der Waals surface area contributed by atoms with Crippen molar-refractivity contribution < 1.29 is 15.0 Å². The molecular formula is C15H17N3O3. The van der Waals surface area contributed by atoms with Crippen molar-refractivity contribution in [3.05, 3.63) is 54.4 Å². The van der Waals surface area contributed by atoms with Crippen molar-refractivity contribution in [3.8, 4) is 0 Å². The number of hydrogen-bond donors (Lipinski definition) is 4. The van der Waals surface area contributed by atoms with Crippen LogP contribution in [-0.2, 0) is 0 Å². The van der Waals surface area contributed by atoms with Crippen LogP contribution in [0.5, 0.6) is 0 Å². The minimum Gasteiger partial charge on any atom is -0.394 e. The highest BCUT2D eigenvalue weighted by Crippen LogP contribution is 2.14. The highest BCUT2D eigenvalue weighted by atomic mass is 16.3. The van der Waals surface area contributed by atoms with Crippen LogP contribution >= 0.6 is 0 Å². The zero-order valence-electron chi connectivity index (χ0n) is 11.4. The summed E-state index contributed by atoms with van der Waals surface area (Å²) in [7, 11) is 0. The van der Waals surface area contributed by atoms with Crippen molar-refractivity contribution >= 4 is 17.3 Å². The van der Waals surface area contributed by atoms with Gasteiger partial charge in [0.15, 0.2) is 0 Å². The number of hydrogen-bond acceptors (Lipinski definition) is 5. The number of aliphatic hydroxyl groups excluding tert-OH is 2. The van der Waals surface area contributed by atoms with Gasteiger partial charge in [-0.3, -0.25) is 9.78 Å². The topological polar surface area (TPSA) is 94.5 Å². The van der Waals surface area contributed by atoms with Gasteiger partial charge < -0.3 is 20.8 Å². The van der Waals surface area contributed by atoms with E-state index in [1.165, 1.54) is 6.20 Å². The Morgan fingerprint density at radius 3 is 2.52 bits per heavy atom. The second kappa shape index (κ2) is 7.37. The van der Waals surface area contributed by atoms with E-state index in [2.05, 4.69) is 15.6 Å². The molecule has 0 aliphatic heterocycles. The Balaban J connectivity index is 1.92. The van der Waals surface area contributed by atoms with Gasteiger partial charge in [-0.1, -0.05) is 0 Å². The first-order chi connectivity index (χ1) is 10.2. The molecule has 0 spiro atoms. The Morgan fingerprint density at radius 1 is 1.19 bits per heavy atom. The first kappa shape index (κ1) is 15.0. The summed E-state index contributed by atoms with van der Waals surface area (Å²) in [5.41, 5.74) is 1.95. The highest BCUT2D eigenvalue weighted by molar-refractivity contribution is 6.04. The van der Waals surface area contributed by atoms with Crippen molar-refractivity contribution in [1.82, 2.24) is 4.98 Å². The summed E-state index contributed by atoms with van der Waals surface area (Å²) < 4.78 is 0. The number of carbonyl (C=O) groups is 1. The van der Waals surface area contributed by atoms with Gasteiger partial charge in [-0.25, -0.2) is 0 Å². The molecule has 0 fully saturated rings. The second-order valence-electron chi connectivity index (χ2n) is 4.49. The molecule has 6 nitrogen and oxygen atoms in total. The molecule has 21 heavy (non-hydrogen) atoms. The van der Waals surface area contributed by atoms with Crippen LogP contribution in [0, 0.1) is 0 Å². The van der Waals surface area contributed by atoms with Crippen LogP contribution in [0.3, 0.4) is 0 Å². The largest absolute Gasteiger partial charge is 0.394 e. The van der Waals surface area contributed by atoms with Crippen LogP contribution in [0.1, 0.15) is 10.4 Å². The summed E-state index contributed by atoms with van der Waals surface area (Å²) >= 11 is 0. The fourth-order valence-electron chi connectivity index (χ4n) is 1.67. The lowest BCUT2D eigenvalue weighted by atomic mass is 10.2. The van der Waals surface area contributed by atoms with Crippen molar-refractivity contribution in [2.45, 2.75) is 6.10 Å². The van der Waals surface area contributed by atoms with Crippen LogP contribution in [0.2, 0.25) is 0 Å². The number of aliphatic hydroxyl groups is 2. The van der Waals surface area contributed by atoms with Gasteiger partial charge in [-0.15, -0.1) is 0 Å². The Morgan fingerprint density at radius 2 is 1.90 bits per heavy atom. The van der Waals surface area contributed by atoms with Crippen LogP contribution in [0.25, 0.3) is 0 Å². The smallest absolute Gasteiger partial charge is 0.257 e.